The number of aliphatic hydroxyl groups is 1. The van der Waals surface area contributed by atoms with Gasteiger partial charge in [0.05, 0.1) is 18.3 Å². The topological polar surface area (TPSA) is 41.5 Å². The van der Waals surface area contributed by atoms with Crippen LogP contribution in [0, 0.1) is 0 Å². The molecule has 0 aromatic carbocycles. The standard InChI is InChI=1S/C9H17NO2/c11-7-8-1-2-9(12-8)3-5-10-6-4-9/h8,10-11H,1-7H2. The number of nitrogens with one attached hydrogen (secondary N) is 1. The summed E-state index contributed by atoms with van der Waals surface area (Å²) in [7, 11) is 0. The molecule has 2 fully saturated rings. The van der Waals surface area contributed by atoms with Gasteiger partial charge in [-0.3, -0.25) is 0 Å². The molecule has 12 heavy (non-hydrogen) atoms. The number of hydrogen-bond acceptors (Lipinski definition) is 3. The van der Waals surface area contributed by atoms with E-state index in [-0.39, 0.29) is 18.3 Å². The summed E-state index contributed by atoms with van der Waals surface area (Å²) < 4.78 is 5.85. The number of ether oxygens (including phenoxy) is 1. The minimum absolute atomic E-state index is 0.114. The first-order valence-corrected chi connectivity index (χ1v) is 4.84. The van der Waals surface area contributed by atoms with Crippen LogP contribution in [0.1, 0.15) is 25.7 Å². The molecule has 0 bridgehead atoms. The van der Waals surface area contributed by atoms with E-state index >= 15 is 0 Å². The largest absolute Gasteiger partial charge is 0.394 e. The monoisotopic (exact) mass is 171 g/mol. The van der Waals surface area contributed by atoms with Crippen molar-refractivity contribution in [3.05, 3.63) is 0 Å². The average molecular weight is 171 g/mol. The van der Waals surface area contributed by atoms with E-state index in [9.17, 15) is 0 Å². The molecule has 70 valence electrons. The normalized spacial score (nSPS) is 34.2. The van der Waals surface area contributed by atoms with Crippen LogP contribution >= 0.6 is 0 Å². The molecule has 1 spiro atoms. The first-order chi connectivity index (χ1) is 5.85. The Labute approximate surface area is 73.1 Å². The van der Waals surface area contributed by atoms with Crippen LogP contribution in [0.25, 0.3) is 0 Å². The maximum Gasteiger partial charge on any atom is 0.0814 e. The van der Waals surface area contributed by atoms with Gasteiger partial charge in [-0.1, -0.05) is 0 Å². The molecule has 2 rings (SSSR count). The molecule has 0 saturated carbocycles. The summed E-state index contributed by atoms with van der Waals surface area (Å²) in [5.74, 6) is 0. The highest BCUT2D eigenvalue weighted by atomic mass is 16.5. The van der Waals surface area contributed by atoms with E-state index < -0.39 is 0 Å². The predicted octanol–water partition coefficient (Wildman–Crippen LogP) is 0.280. The van der Waals surface area contributed by atoms with E-state index in [1.54, 1.807) is 0 Å². The van der Waals surface area contributed by atoms with Crippen molar-refractivity contribution < 1.29 is 9.84 Å². The van der Waals surface area contributed by atoms with Gasteiger partial charge in [0.25, 0.3) is 0 Å². The van der Waals surface area contributed by atoms with E-state index in [4.69, 9.17) is 9.84 Å². The van der Waals surface area contributed by atoms with Crippen LogP contribution in [0.15, 0.2) is 0 Å². The summed E-state index contributed by atoms with van der Waals surface area (Å²) in [5, 5.41) is 12.3. The molecule has 3 nitrogen and oxygen atoms in total. The van der Waals surface area contributed by atoms with E-state index in [0.717, 1.165) is 38.8 Å². The number of aliphatic hydroxyl groups excluding tert-OH is 1. The van der Waals surface area contributed by atoms with Gasteiger partial charge in [-0.15, -0.1) is 0 Å². The van der Waals surface area contributed by atoms with Gasteiger partial charge in [0, 0.05) is 0 Å². The molecular formula is C9H17NO2. The zero-order chi connectivity index (χ0) is 8.44. The molecule has 2 aliphatic rings. The van der Waals surface area contributed by atoms with Gasteiger partial charge in [-0.25, -0.2) is 0 Å². The Balaban J connectivity index is 1.94. The fraction of sp³-hybridized carbons (Fsp3) is 1.00. The molecular weight excluding hydrogens is 154 g/mol. The second-order valence-corrected chi connectivity index (χ2v) is 3.89. The third kappa shape index (κ3) is 1.49. The van der Waals surface area contributed by atoms with Crippen molar-refractivity contribution in [1.29, 1.82) is 0 Å². The SMILES string of the molecule is OCC1CCC2(CCNCC2)O1. The molecule has 0 amide bonds. The van der Waals surface area contributed by atoms with Crippen LogP contribution in [0.5, 0.6) is 0 Å². The van der Waals surface area contributed by atoms with Crippen LogP contribution in [0.4, 0.5) is 0 Å². The number of hydrogen-bond donors (Lipinski definition) is 2. The van der Waals surface area contributed by atoms with Gasteiger partial charge >= 0.3 is 0 Å². The zero-order valence-electron chi connectivity index (χ0n) is 7.38. The zero-order valence-corrected chi connectivity index (χ0v) is 7.38. The van der Waals surface area contributed by atoms with Gasteiger partial charge in [0.15, 0.2) is 0 Å². The fourth-order valence-electron chi connectivity index (χ4n) is 2.27. The number of rotatable bonds is 1. The number of piperidine rings is 1. The highest BCUT2D eigenvalue weighted by Gasteiger charge is 2.40. The van der Waals surface area contributed by atoms with Crippen molar-refractivity contribution in [3.63, 3.8) is 0 Å². The van der Waals surface area contributed by atoms with E-state index in [1.165, 1.54) is 0 Å². The van der Waals surface area contributed by atoms with Crippen molar-refractivity contribution in [2.24, 2.45) is 0 Å². The van der Waals surface area contributed by atoms with Crippen molar-refractivity contribution in [2.45, 2.75) is 37.4 Å². The highest BCUT2D eigenvalue weighted by molar-refractivity contribution is 4.92. The van der Waals surface area contributed by atoms with E-state index in [0.29, 0.717) is 0 Å². The lowest BCUT2D eigenvalue weighted by molar-refractivity contribution is -0.0742. The van der Waals surface area contributed by atoms with E-state index in [1.807, 2.05) is 0 Å². The predicted molar refractivity (Wildman–Crippen MR) is 46.0 cm³/mol. The van der Waals surface area contributed by atoms with Crippen molar-refractivity contribution in [2.75, 3.05) is 19.7 Å². The molecule has 0 aromatic heterocycles. The second kappa shape index (κ2) is 3.32. The lowest BCUT2D eigenvalue weighted by atomic mass is 9.89. The quantitative estimate of drug-likeness (QED) is 0.595. The second-order valence-electron chi connectivity index (χ2n) is 3.89. The summed E-state index contributed by atoms with van der Waals surface area (Å²) in [5.41, 5.74) is 0.124. The third-order valence-corrected chi connectivity index (χ3v) is 3.06. The van der Waals surface area contributed by atoms with Crippen LogP contribution in [-0.4, -0.2) is 36.5 Å². The summed E-state index contributed by atoms with van der Waals surface area (Å²) in [4.78, 5) is 0. The van der Waals surface area contributed by atoms with Crippen LogP contribution in [0.2, 0.25) is 0 Å². The van der Waals surface area contributed by atoms with Gasteiger partial charge in [0.1, 0.15) is 0 Å². The Kier molecular flexibility index (Phi) is 2.35. The summed E-state index contributed by atoms with van der Waals surface area (Å²) in [6, 6.07) is 0. The van der Waals surface area contributed by atoms with E-state index in [2.05, 4.69) is 5.32 Å². The van der Waals surface area contributed by atoms with Crippen molar-refractivity contribution >= 4 is 0 Å². The van der Waals surface area contributed by atoms with Gasteiger partial charge in [0.2, 0.25) is 0 Å². The van der Waals surface area contributed by atoms with Gasteiger partial charge in [-0.05, 0) is 38.8 Å². The molecule has 2 aliphatic heterocycles. The van der Waals surface area contributed by atoms with Gasteiger partial charge < -0.3 is 15.2 Å². The molecule has 2 N–H and O–H groups in total. The summed E-state index contributed by atoms with van der Waals surface area (Å²) in [6.45, 7) is 2.32. The molecule has 0 aliphatic carbocycles. The minimum Gasteiger partial charge on any atom is -0.394 e. The first-order valence-electron chi connectivity index (χ1n) is 4.84. The average Bonchev–Trinajstić information content (AvgIpc) is 2.50. The molecule has 2 heterocycles. The Morgan fingerprint density at radius 2 is 2.08 bits per heavy atom. The smallest absolute Gasteiger partial charge is 0.0814 e. The molecule has 0 radical (unpaired) electrons. The van der Waals surface area contributed by atoms with Crippen LogP contribution in [-0.2, 0) is 4.74 Å². The highest BCUT2D eigenvalue weighted by Crippen LogP contribution is 2.36. The maximum absolute atomic E-state index is 8.94. The fourth-order valence-corrected chi connectivity index (χ4v) is 2.27. The molecule has 1 atom stereocenters. The van der Waals surface area contributed by atoms with Crippen LogP contribution < -0.4 is 5.32 Å². The van der Waals surface area contributed by atoms with Crippen molar-refractivity contribution in [1.82, 2.24) is 5.32 Å². The maximum atomic E-state index is 8.94. The van der Waals surface area contributed by atoms with Gasteiger partial charge in [-0.2, -0.15) is 0 Å². The Morgan fingerprint density at radius 1 is 1.33 bits per heavy atom. The molecule has 1 unspecified atom stereocenters. The Bertz CT molecular complexity index is 155. The summed E-state index contributed by atoms with van der Waals surface area (Å²) >= 11 is 0. The lowest BCUT2D eigenvalue weighted by Gasteiger charge is -2.33. The molecule has 2 saturated heterocycles. The Hall–Kier alpha value is -0.120. The third-order valence-electron chi connectivity index (χ3n) is 3.06. The van der Waals surface area contributed by atoms with Crippen molar-refractivity contribution in [3.8, 4) is 0 Å². The van der Waals surface area contributed by atoms with Crippen LogP contribution in [0.3, 0.4) is 0 Å². The summed E-state index contributed by atoms with van der Waals surface area (Å²) in [6.07, 6.45) is 4.52. The first kappa shape index (κ1) is 8.48. The lowest BCUT2D eigenvalue weighted by Crippen LogP contribution is -2.42. The Morgan fingerprint density at radius 3 is 2.67 bits per heavy atom. The molecule has 0 aromatic rings. The molecule has 3 heteroatoms. The minimum atomic E-state index is 0.114.